The van der Waals surface area contributed by atoms with E-state index in [9.17, 15) is 22.8 Å². The zero-order valence-electron chi connectivity index (χ0n) is 14.1. The molecule has 144 valence electrons. The summed E-state index contributed by atoms with van der Waals surface area (Å²) in [4.78, 5) is 23.4. The number of urea groups is 1. The highest BCUT2D eigenvalue weighted by atomic mass is 35.5. The number of rotatable bonds is 6. The number of nitrogens with one attached hydrogen (secondary N) is 3. The van der Waals surface area contributed by atoms with Crippen LogP contribution in [0.4, 0.5) is 23.7 Å². The van der Waals surface area contributed by atoms with E-state index in [4.69, 9.17) is 11.6 Å². The van der Waals surface area contributed by atoms with Gasteiger partial charge in [0.15, 0.2) is 0 Å². The van der Waals surface area contributed by atoms with Gasteiger partial charge in [0.1, 0.15) is 0 Å². The van der Waals surface area contributed by atoms with Gasteiger partial charge in [0.25, 0.3) is 0 Å². The van der Waals surface area contributed by atoms with Crippen molar-refractivity contribution in [1.82, 2.24) is 10.6 Å². The molecule has 5 nitrogen and oxygen atoms in total. The van der Waals surface area contributed by atoms with Crippen LogP contribution in [0.25, 0.3) is 0 Å². The molecule has 0 saturated carbocycles. The Morgan fingerprint density at radius 1 is 0.926 bits per heavy atom. The summed E-state index contributed by atoms with van der Waals surface area (Å²) in [6.45, 7) is -0.00919. The molecule has 2 aromatic rings. The summed E-state index contributed by atoms with van der Waals surface area (Å²) < 4.78 is 37.4. The summed E-state index contributed by atoms with van der Waals surface area (Å²) in [7, 11) is 0. The van der Waals surface area contributed by atoms with Gasteiger partial charge in [-0.15, -0.1) is 0 Å². The quantitative estimate of drug-likeness (QED) is 0.690. The van der Waals surface area contributed by atoms with Crippen LogP contribution in [0.5, 0.6) is 0 Å². The second-order valence-electron chi connectivity index (χ2n) is 5.61. The summed E-state index contributed by atoms with van der Waals surface area (Å²) in [6, 6.07) is 10.7. The third-order valence-corrected chi connectivity index (χ3v) is 3.77. The maximum absolute atomic E-state index is 12.5. The normalized spacial score (nSPS) is 11.0. The van der Waals surface area contributed by atoms with Crippen LogP contribution in [0.15, 0.2) is 48.5 Å². The summed E-state index contributed by atoms with van der Waals surface area (Å²) in [6.07, 6.45) is -4.01. The van der Waals surface area contributed by atoms with Gasteiger partial charge in [0, 0.05) is 17.3 Å². The van der Waals surface area contributed by atoms with Crippen molar-refractivity contribution in [3.05, 3.63) is 64.7 Å². The van der Waals surface area contributed by atoms with Crippen LogP contribution in [0.1, 0.15) is 11.1 Å². The summed E-state index contributed by atoms with van der Waals surface area (Å²) in [5.74, 6) is -0.407. The molecule has 0 aliphatic carbocycles. The van der Waals surface area contributed by atoms with Crippen LogP contribution >= 0.6 is 11.6 Å². The largest absolute Gasteiger partial charge is 0.416 e. The number of benzene rings is 2. The first-order valence-electron chi connectivity index (χ1n) is 7.97. The predicted octanol–water partition coefficient (Wildman–Crippen LogP) is 3.84. The minimum atomic E-state index is -4.37. The number of anilines is 1. The van der Waals surface area contributed by atoms with Crippen molar-refractivity contribution in [1.29, 1.82) is 0 Å². The van der Waals surface area contributed by atoms with E-state index in [2.05, 4.69) is 16.0 Å². The van der Waals surface area contributed by atoms with Crippen LogP contribution in [0, 0.1) is 0 Å². The summed E-state index contributed by atoms with van der Waals surface area (Å²) >= 11 is 5.74. The lowest BCUT2D eigenvalue weighted by atomic mass is 10.1. The fourth-order valence-corrected chi connectivity index (χ4v) is 2.27. The number of halogens is 4. The van der Waals surface area contributed by atoms with Gasteiger partial charge in [-0.25, -0.2) is 4.79 Å². The molecular weight excluding hydrogens is 383 g/mol. The molecule has 3 N–H and O–H groups in total. The van der Waals surface area contributed by atoms with Crippen molar-refractivity contribution in [3.8, 4) is 0 Å². The molecule has 0 aromatic heterocycles. The predicted molar refractivity (Wildman–Crippen MR) is 96.6 cm³/mol. The van der Waals surface area contributed by atoms with E-state index in [1.54, 1.807) is 24.3 Å². The summed E-state index contributed by atoms with van der Waals surface area (Å²) in [5.41, 5.74) is 0.487. The van der Waals surface area contributed by atoms with E-state index in [-0.39, 0.29) is 13.1 Å². The lowest BCUT2D eigenvalue weighted by molar-refractivity contribution is -0.137. The van der Waals surface area contributed by atoms with Crippen LogP contribution in [-0.4, -0.2) is 25.0 Å². The van der Waals surface area contributed by atoms with Crippen molar-refractivity contribution < 1.29 is 22.8 Å². The molecule has 0 bridgehead atoms. The minimum Gasteiger partial charge on any atom is -0.338 e. The molecule has 3 amide bonds. The highest BCUT2D eigenvalue weighted by molar-refractivity contribution is 6.30. The van der Waals surface area contributed by atoms with E-state index in [1.807, 2.05) is 0 Å². The molecule has 0 saturated heterocycles. The number of carbonyl (C=O) groups is 2. The van der Waals surface area contributed by atoms with Crippen molar-refractivity contribution in [3.63, 3.8) is 0 Å². The number of hydrogen-bond donors (Lipinski definition) is 3. The van der Waals surface area contributed by atoms with Crippen molar-refractivity contribution in [2.75, 3.05) is 18.4 Å². The lowest BCUT2D eigenvalue weighted by Gasteiger charge is -2.09. The average Bonchev–Trinajstić information content (AvgIpc) is 2.62. The first kappa shape index (κ1) is 20.6. The fraction of sp³-hybridized carbons (Fsp3) is 0.222. The molecule has 0 atom stereocenters. The monoisotopic (exact) mass is 399 g/mol. The molecule has 0 radical (unpaired) electrons. The Labute approximate surface area is 158 Å². The van der Waals surface area contributed by atoms with E-state index < -0.39 is 23.7 Å². The maximum atomic E-state index is 12.5. The Bertz CT molecular complexity index is 778. The molecule has 0 fully saturated rings. The first-order chi connectivity index (χ1) is 12.7. The third-order valence-electron chi connectivity index (χ3n) is 3.52. The van der Waals surface area contributed by atoms with Gasteiger partial charge in [-0.2, -0.15) is 13.2 Å². The van der Waals surface area contributed by atoms with E-state index in [0.29, 0.717) is 22.7 Å². The highest BCUT2D eigenvalue weighted by Crippen LogP contribution is 2.29. The van der Waals surface area contributed by atoms with Crippen LogP contribution in [0.3, 0.4) is 0 Å². The lowest BCUT2D eigenvalue weighted by Crippen LogP contribution is -2.40. The van der Waals surface area contributed by atoms with Gasteiger partial charge in [-0.05, 0) is 48.4 Å². The fourth-order valence-electron chi connectivity index (χ4n) is 2.14. The van der Waals surface area contributed by atoms with Crippen LogP contribution in [0.2, 0.25) is 5.02 Å². The Hall–Kier alpha value is -2.74. The standard InChI is InChI=1S/C18H17ClF3N3O2/c19-14-5-7-15(8-6-14)25-16(26)11-24-17(27)23-10-9-12-1-3-13(4-2-12)18(20,21)22/h1-8H,9-11H2,(H,25,26)(H2,23,24,27). The van der Waals surface area contributed by atoms with Crippen molar-refractivity contribution in [2.24, 2.45) is 0 Å². The maximum Gasteiger partial charge on any atom is 0.416 e. The molecule has 0 heterocycles. The van der Waals surface area contributed by atoms with Crippen molar-refractivity contribution >= 4 is 29.2 Å². The topological polar surface area (TPSA) is 70.2 Å². The SMILES string of the molecule is O=C(CNC(=O)NCCc1ccc(C(F)(F)F)cc1)Nc1ccc(Cl)cc1. The zero-order chi connectivity index (χ0) is 19.9. The Kier molecular flexibility index (Phi) is 7.06. The third kappa shape index (κ3) is 7.18. The highest BCUT2D eigenvalue weighted by Gasteiger charge is 2.29. The minimum absolute atomic E-state index is 0.218. The Morgan fingerprint density at radius 3 is 2.15 bits per heavy atom. The molecule has 0 spiro atoms. The molecular formula is C18H17ClF3N3O2. The van der Waals surface area contributed by atoms with Crippen molar-refractivity contribution in [2.45, 2.75) is 12.6 Å². The zero-order valence-corrected chi connectivity index (χ0v) is 14.8. The second kappa shape index (κ2) is 9.27. The molecule has 2 aromatic carbocycles. The number of carbonyl (C=O) groups excluding carboxylic acids is 2. The van der Waals surface area contributed by atoms with Gasteiger partial charge in [0.05, 0.1) is 12.1 Å². The van der Waals surface area contributed by atoms with Gasteiger partial charge >= 0.3 is 12.2 Å². The van der Waals surface area contributed by atoms with E-state index in [1.165, 1.54) is 12.1 Å². The van der Waals surface area contributed by atoms with Crippen LogP contribution in [-0.2, 0) is 17.4 Å². The second-order valence-corrected chi connectivity index (χ2v) is 6.05. The van der Waals surface area contributed by atoms with Gasteiger partial charge in [0.2, 0.25) is 5.91 Å². The number of amides is 3. The van der Waals surface area contributed by atoms with Gasteiger partial charge in [-0.3, -0.25) is 4.79 Å². The molecule has 0 aliphatic rings. The molecule has 27 heavy (non-hydrogen) atoms. The Morgan fingerprint density at radius 2 is 1.56 bits per heavy atom. The Balaban J connectivity index is 1.67. The molecule has 2 rings (SSSR count). The smallest absolute Gasteiger partial charge is 0.338 e. The van der Waals surface area contributed by atoms with E-state index in [0.717, 1.165) is 12.1 Å². The molecule has 0 aliphatic heterocycles. The first-order valence-corrected chi connectivity index (χ1v) is 8.35. The molecule has 0 unspecified atom stereocenters. The van der Waals surface area contributed by atoms with Gasteiger partial charge < -0.3 is 16.0 Å². The number of hydrogen-bond acceptors (Lipinski definition) is 2. The van der Waals surface area contributed by atoms with Crippen LogP contribution < -0.4 is 16.0 Å². The number of alkyl halides is 3. The molecule has 9 heteroatoms. The summed E-state index contributed by atoms with van der Waals surface area (Å²) in [5, 5.41) is 8.06. The average molecular weight is 400 g/mol. The van der Waals surface area contributed by atoms with Gasteiger partial charge in [-0.1, -0.05) is 23.7 Å². The van der Waals surface area contributed by atoms with E-state index >= 15 is 0 Å².